The van der Waals surface area contributed by atoms with Crippen molar-refractivity contribution in [2.45, 2.75) is 35.8 Å². The minimum Gasteiger partial charge on any atom is -0.494 e. The predicted octanol–water partition coefficient (Wildman–Crippen LogP) is 6.38. The van der Waals surface area contributed by atoms with Gasteiger partial charge in [0.05, 0.1) is 17.3 Å². The molecule has 0 aromatic heterocycles. The molecular formula is C41H39F2N3O6S. The van der Waals surface area contributed by atoms with Crippen LogP contribution in [0.4, 0.5) is 8.78 Å². The zero-order valence-electron chi connectivity index (χ0n) is 28.8. The summed E-state index contributed by atoms with van der Waals surface area (Å²) in [6.07, 6.45) is -0.636. The second kappa shape index (κ2) is 16.9. The summed E-state index contributed by atoms with van der Waals surface area (Å²) in [5.41, 5.74) is 7.19. The fraction of sp³-hybridized carbons (Fsp3) is 0.220. The van der Waals surface area contributed by atoms with Gasteiger partial charge in [0.2, 0.25) is 5.90 Å². The van der Waals surface area contributed by atoms with Crippen molar-refractivity contribution in [3.05, 3.63) is 156 Å². The highest BCUT2D eigenvalue weighted by molar-refractivity contribution is 7.91. The molecule has 0 saturated heterocycles. The highest BCUT2D eigenvalue weighted by atomic mass is 32.2. The van der Waals surface area contributed by atoms with Crippen LogP contribution in [0.3, 0.4) is 0 Å². The summed E-state index contributed by atoms with van der Waals surface area (Å²) in [4.78, 5) is 19.5. The van der Waals surface area contributed by atoms with E-state index in [1.165, 1.54) is 24.3 Å². The molecule has 1 amide bonds. The van der Waals surface area contributed by atoms with Crippen LogP contribution in [0.5, 0.6) is 5.75 Å². The van der Waals surface area contributed by atoms with E-state index in [2.05, 4.69) is 10.9 Å². The third-order valence-electron chi connectivity index (χ3n) is 8.87. The van der Waals surface area contributed by atoms with Gasteiger partial charge in [-0.3, -0.25) is 10.2 Å². The van der Waals surface area contributed by atoms with Gasteiger partial charge < -0.3 is 14.6 Å². The monoisotopic (exact) mass is 739 g/mol. The second-order valence-corrected chi connectivity index (χ2v) is 14.7. The smallest absolute Gasteiger partial charge is 0.266 e. The third-order valence-corrected chi connectivity index (χ3v) is 10.6. The maximum absolute atomic E-state index is 14.5. The van der Waals surface area contributed by atoms with Crippen LogP contribution in [0.15, 0.2) is 137 Å². The maximum Gasteiger partial charge on any atom is 0.266 e. The third kappa shape index (κ3) is 9.15. The topological polar surface area (TPSA) is 126 Å². The first-order valence-corrected chi connectivity index (χ1v) is 18.8. The first kappa shape index (κ1) is 37.3. The van der Waals surface area contributed by atoms with E-state index in [1.807, 2.05) is 54.6 Å². The molecule has 274 valence electrons. The van der Waals surface area contributed by atoms with Crippen LogP contribution >= 0.6 is 0 Å². The Labute approximate surface area is 307 Å². The van der Waals surface area contributed by atoms with Gasteiger partial charge >= 0.3 is 0 Å². The van der Waals surface area contributed by atoms with Crippen molar-refractivity contribution in [1.82, 2.24) is 10.9 Å². The van der Waals surface area contributed by atoms with E-state index in [9.17, 15) is 22.0 Å². The highest BCUT2D eigenvalue weighted by Gasteiger charge is 2.53. The summed E-state index contributed by atoms with van der Waals surface area (Å²) in [7, 11) is -3.87. The van der Waals surface area contributed by atoms with Gasteiger partial charge in [-0.25, -0.2) is 27.6 Å². The summed E-state index contributed by atoms with van der Waals surface area (Å²) < 4.78 is 67.1. The molecule has 0 unspecified atom stereocenters. The van der Waals surface area contributed by atoms with E-state index in [4.69, 9.17) is 19.6 Å². The first-order valence-electron chi connectivity index (χ1n) is 17.2. The number of benzene rings is 5. The molecule has 5 aromatic carbocycles. The molecule has 2 atom stereocenters. The second-order valence-electron chi connectivity index (χ2n) is 12.6. The number of hydrazine groups is 1. The average molecular weight is 740 g/mol. The standard InChI is InChI=1S/C41H39F2N3O6S/c42-34-26-29(27-35(43)28-34)20-22-44-46-40(48)41(21-25-53(49,50)37-10-5-2-6-11-37)38(32-14-12-31(13-15-32)30-8-3-1-4-9-30)52-39(45-41)33-16-18-36(19-17-33)51-24-7-23-47/h1-6,8-19,26-28,38,44,47H,7,20-25H2,(H,46,48)/t38-,41-/m0/s1. The molecule has 1 heterocycles. The number of aliphatic hydroxyl groups is 1. The lowest BCUT2D eigenvalue weighted by Crippen LogP contribution is -2.53. The van der Waals surface area contributed by atoms with Crippen LogP contribution in [0.1, 0.15) is 35.6 Å². The SMILES string of the molecule is O=C(NNCCc1cc(F)cc(F)c1)[C@@]1(CCS(=O)(=O)c2ccccc2)N=C(c2ccc(OCCCO)cc2)O[C@H]1c1ccc(-c2ccccc2)cc1. The summed E-state index contributed by atoms with van der Waals surface area (Å²) in [6, 6.07) is 35.3. The van der Waals surface area contributed by atoms with Gasteiger partial charge in [-0.05, 0) is 77.2 Å². The van der Waals surface area contributed by atoms with Crippen LogP contribution in [0.25, 0.3) is 11.1 Å². The van der Waals surface area contributed by atoms with Gasteiger partial charge in [-0.15, -0.1) is 0 Å². The Morgan fingerprint density at radius 3 is 2.11 bits per heavy atom. The predicted molar refractivity (Wildman–Crippen MR) is 198 cm³/mol. The van der Waals surface area contributed by atoms with Crippen LogP contribution in [0.2, 0.25) is 0 Å². The lowest BCUT2D eigenvalue weighted by Gasteiger charge is -2.30. The van der Waals surface area contributed by atoms with E-state index >= 15 is 0 Å². The molecule has 12 heteroatoms. The van der Waals surface area contributed by atoms with Crippen molar-refractivity contribution >= 4 is 21.6 Å². The Balaban J connectivity index is 1.35. The lowest BCUT2D eigenvalue weighted by molar-refractivity contribution is -0.130. The van der Waals surface area contributed by atoms with E-state index in [0.29, 0.717) is 35.5 Å². The van der Waals surface area contributed by atoms with Crippen molar-refractivity contribution in [3.63, 3.8) is 0 Å². The van der Waals surface area contributed by atoms with Gasteiger partial charge in [0.1, 0.15) is 17.4 Å². The average Bonchev–Trinajstić information content (AvgIpc) is 3.57. The Morgan fingerprint density at radius 1 is 0.830 bits per heavy atom. The molecule has 53 heavy (non-hydrogen) atoms. The number of halogens is 2. The molecule has 3 N–H and O–H groups in total. The van der Waals surface area contributed by atoms with E-state index in [-0.39, 0.29) is 36.8 Å². The number of rotatable bonds is 16. The number of hydrogen-bond donors (Lipinski definition) is 3. The lowest BCUT2D eigenvalue weighted by atomic mass is 9.84. The molecule has 1 aliphatic heterocycles. The Morgan fingerprint density at radius 2 is 1.45 bits per heavy atom. The first-order chi connectivity index (χ1) is 25.7. The Kier molecular flexibility index (Phi) is 11.9. The van der Waals surface area contributed by atoms with E-state index in [0.717, 1.165) is 17.2 Å². The van der Waals surface area contributed by atoms with Gasteiger partial charge in [-0.1, -0.05) is 72.8 Å². The van der Waals surface area contributed by atoms with Crippen LogP contribution in [0, 0.1) is 11.6 Å². The zero-order valence-corrected chi connectivity index (χ0v) is 29.6. The van der Waals surface area contributed by atoms with Crippen molar-refractivity contribution in [2.75, 3.05) is 25.5 Å². The number of amides is 1. The molecule has 0 saturated carbocycles. The van der Waals surface area contributed by atoms with Crippen molar-refractivity contribution in [1.29, 1.82) is 0 Å². The van der Waals surface area contributed by atoms with Crippen LogP contribution in [-0.4, -0.2) is 56.4 Å². The maximum atomic E-state index is 14.5. The van der Waals surface area contributed by atoms with Crippen LogP contribution in [-0.2, 0) is 25.8 Å². The Bertz CT molecular complexity index is 2110. The summed E-state index contributed by atoms with van der Waals surface area (Å²) >= 11 is 0. The molecule has 9 nitrogen and oxygen atoms in total. The van der Waals surface area contributed by atoms with E-state index in [1.54, 1.807) is 42.5 Å². The van der Waals surface area contributed by atoms with Crippen molar-refractivity contribution < 1.29 is 36.6 Å². The van der Waals surface area contributed by atoms with Crippen molar-refractivity contribution in [3.8, 4) is 16.9 Å². The van der Waals surface area contributed by atoms with Gasteiger partial charge in [0, 0.05) is 37.6 Å². The molecular weight excluding hydrogens is 701 g/mol. The Hall–Kier alpha value is -5.43. The van der Waals surface area contributed by atoms with E-state index < -0.39 is 44.8 Å². The number of aliphatic imine (C=N–C) groups is 1. The quantitative estimate of drug-likeness (QED) is 0.0793. The molecule has 0 radical (unpaired) electrons. The van der Waals surface area contributed by atoms with Crippen LogP contribution < -0.4 is 15.6 Å². The molecule has 5 aromatic rings. The number of sulfone groups is 1. The van der Waals surface area contributed by atoms with Gasteiger partial charge in [-0.2, -0.15) is 0 Å². The number of aliphatic hydroxyl groups excluding tert-OH is 1. The number of nitrogens with zero attached hydrogens (tertiary/aromatic N) is 1. The summed E-state index contributed by atoms with van der Waals surface area (Å²) in [5.74, 6) is -1.80. The summed E-state index contributed by atoms with van der Waals surface area (Å²) in [6.45, 7) is 0.437. The minimum atomic E-state index is -3.87. The molecule has 0 bridgehead atoms. The number of carbonyl (C=O) groups excluding carboxylic acids is 1. The molecule has 0 aliphatic carbocycles. The molecule has 6 rings (SSSR count). The largest absolute Gasteiger partial charge is 0.494 e. The minimum absolute atomic E-state index is 0.00119. The van der Waals surface area contributed by atoms with Gasteiger partial charge in [0.25, 0.3) is 5.91 Å². The number of carbonyl (C=O) groups is 1. The fourth-order valence-corrected chi connectivity index (χ4v) is 7.49. The number of ether oxygens (including phenoxy) is 2. The molecule has 0 spiro atoms. The van der Waals surface area contributed by atoms with Crippen molar-refractivity contribution in [2.24, 2.45) is 4.99 Å². The molecule has 1 aliphatic rings. The highest BCUT2D eigenvalue weighted by Crippen LogP contribution is 2.43. The zero-order chi connectivity index (χ0) is 37.3. The summed E-state index contributed by atoms with van der Waals surface area (Å²) in [5, 5.41) is 9.10. The van der Waals surface area contributed by atoms with Gasteiger partial charge in [0.15, 0.2) is 21.5 Å². The number of hydrogen-bond acceptors (Lipinski definition) is 8. The fourth-order valence-electron chi connectivity index (χ4n) is 6.10. The normalized spacial score (nSPS) is 16.8. The number of nitrogens with one attached hydrogen (secondary N) is 2. The molecule has 0 fully saturated rings.